The van der Waals surface area contributed by atoms with E-state index in [0.717, 1.165) is 0 Å². The molecule has 76 valence electrons. The van der Waals surface area contributed by atoms with Gasteiger partial charge in [-0.1, -0.05) is 24.4 Å². The lowest BCUT2D eigenvalue weighted by molar-refractivity contribution is 0.263. The molecule has 1 aliphatic rings. The van der Waals surface area contributed by atoms with Crippen molar-refractivity contribution in [1.82, 2.24) is 5.32 Å². The molecule has 13 heavy (non-hydrogen) atoms. The lowest BCUT2D eigenvalue weighted by atomic mass is 9.83. The third-order valence-electron chi connectivity index (χ3n) is 2.78. The van der Waals surface area contributed by atoms with Crippen molar-refractivity contribution in [3.63, 3.8) is 0 Å². The molecule has 1 aliphatic carbocycles. The Morgan fingerprint density at radius 3 is 2.62 bits per heavy atom. The maximum Gasteiger partial charge on any atom is 0.153 e. The van der Waals surface area contributed by atoms with Crippen molar-refractivity contribution < 1.29 is 5.21 Å². The maximum absolute atomic E-state index is 8.37. The topological polar surface area (TPSA) is 70.6 Å². The lowest BCUT2D eigenvalue weighted by Gasteiger charge is -2.34. The second-order valence-corrected chi connectivity index (χ2v) is 4.07. The van der Waals surface area contributed by atoms with Crippen molar-refractivity contribution in [3.8, 4) is 0 Å². The molecule has 0 spiro atoms. The molecule has 0 aromatic carbocycles. The summed E-state index contributed by atoms with van der Waals surface area (Å²) in [5.41, 5.74) is 5.57. The molecule has 1 fully saturated rings. The van der Waals surface area contributed by atoms with Crippen molar-refractivity contribution in [2.24, 2.45) is 10.9 Å². The van der Waals surface area contributed by atoms with Crippen molar-refractivity contribution in [3.05, 3.63) is 0 Å². The van der Waals surface area contributed by atoms with Crippen LogP contribution in [0.4, 0.5) is 0 Å². The maximum atomic E-state index is 8.37. The molecule has 0 atom stereocenters. The van der Waals surface area contributed by atoms with Gasteiger partial charge in [-0.2, -0.15) is 0 Å². The molecular weight excluding hydrogens is 166 g/mol. The average molecular weight is 185 g/mol. The molecule has 1 rings (SSSR count). The van der Waals surface area contributed by atoms with Gasteiger partial charge in [0.25, 0.3) is 0 Å². The Kier molecular flexibility index (Phi) is 3.54. The highest BCUT2D eigenvalue weighted by atomic mass is 16.4. The first-order valence-electron chi connectivity index (χ1n) is 4.88. The highest BCUT2D eigenvalue weighted by Gasteiger charge is 2.25. The van der Waals surface area contributed by atoms with Crippen LogP contribution in [0.3, 0.4) is 0 Å². The van der Waals surface area contributed by atoms with E-state index in [0.29, 0.717) is 6.54 Å². The van der Waals surface area contributed by atoms with E-state index in [4.69, 9.17) is 10.9 Å². The van der Waals surface area contributed by atoms with Gasteiger partial charge in [-0.05, 0) is 19.8 Å². The van der Waals surface area contributed by atoms with E-state index in [1.54, 1.807) is 0 Å². The van der Waals surface area contributed by atoms with E-state index in [2.05, 4.69) is 17.4 Å². The van der Waals surface area contributed by atoms with E-state index in [9.17, 15) is 0 Å². The molecule has 0 amide bonds. The zero-order chi connectivity index (χ0) is 9.73. The summed E-state index contributed by atoms with van der Waals surface area (Å²) in [6.45, 7) is 2.68. The Labute approximate surface area is 79.2 Å². The minimum atomic E-state index is 0.188. The summed E-state index contributed by atoms with van der Waals surface area (Å²) in [7, 11) is 0. The quantitative estimate of drug-likeness (QED) is 0.266. The molecule has 0 aromatic rings. The van der Waals surface area contributed by atoms with Crippen LogP contribution < -0.4 is 11.1 Å². The number of nitrogens with zero attached hydrogens (tertiary/aromatic N) is 1. The van der Waals surface area contributed by atoms with Gasteiger partial charge in [-0.3, -0.25) is 0 Å². The number of hydrogen-bond acceptors (Lipinski definition) is 3. The highest BCUT2D eigenvalue weighted by molar-refractivity contribution is 5.81. The number of rotatable bonds is 3. The van der Waals surface area contributed by atoms with Gasteiger partial charge in [0.05, 0.1) is 6.54 Å². The second-order valence-electron chi connectivity index (χ2n) is 4.07. The van der Waals surface area contributed by atoms with E-state index < -0.39 is 0 Å². The Hall–Kier alpha value is -0.770. The van der Waals surface area contributed by atoms with Gasteiger partial charge >= 0.3 is 0 Å². The molecule has 0 aromatic heterocycles. The number of amidine groups is 1. The summed E-state index contributed by atoms with van der Waals surface area (Å²) in [5.74, 6) is 0.256. The molecule has 4 heteroatoms. The lowest BCUT2D eigenvalue weighted by Crippen LogP contribution is -2.47. The molecule has 0 unspecified atom stereocenters. The van der Waals surface area contributed by atoms with E-state index >= 15 is 0 Å². The van der Waals surface area contributed by atoms with Gasteiger partial charge in [-0.15, -0.1) is 0 Å². The molecule has 0 bridgehead atoms. The second kappa shape index (κ2) is 4.46. The predicted molar refractivity (Wildman–Crippen MR) is 52.9 cm³/mol. The van der Waals surface area contributed by atoms with Gasteiger partial charge in [0.1, 0.15) is 0 Å². The molecule has 0 heterocycles. The first-order chi connectivity index (χ1) is 6.16. The molecule has 4 nitrogen and oxygen atoms in total. The van der Waals surface area contributed by atoms with Gasteiger partial charge in [-0.25, -0.2) is 0 Å². The minimum absolute atomic E-state index is 0.188. The van der Waals surface area contributed by atoms with E-state index in [-0.39, 0.29) is 11.4 Å². The van der Waals surface area contributed by atoms with E-state index in [1.165, 1.54) is 32.1 Å². The highest BCUT2D eigenvalue weighted by Crippen LogP contribution is 2.27. The zero-order valence-electron chi connectivity index (χ0n) is 8.21. The number of nitrogens with two attached hydrogens (primary N) is 1. The van der Waals surface area contributed by atoms with Crippen LogP contribution >= 0.6 is 0 Å². The fourth-order valence-corrected chi connectivity index (χ4v) is 1.85. The van der Waals surface area contributed by atoms with Crippen molar-refractivity contribution >= 4 is 5.84 Å². The van der Waals surface area contributed by atoms with Crippen LogP contribution in [0.15, 0.2) is 5.16 Å². The summed E-state index contributed by atoms with van der Waals surface area (Å²) < 4.78 is 0. The number of oxime groups is 1. The molecule has 0 radical (unpaired) electrons. The summed E-state index contributed by atoms with van der Waals surface area (Å²) in [5, 5.41) is 14.6. The van der Waals surface area contributed by atoms with Crippen LogP contribution in [0.2, 0.25) is 0 Å². The van der Waals surface area contributed by atoms with Crippen molar-refractivity contribution in [2.75, 3.05) is 6.54 Å². The van der Waals surface area contributed by atoms with Crippen molar-refractivity contribution in [2.45, 2.75) is 44.6 Å². The predicted octanol–water partition coefficient (Wildman–Crippen LogP) is 1.05. The third kappa shape index (κ3) is 3.22. The molecule has 0 aliphatic heterocycles. The monoisotopic (exact) mass is 185 g/mol. The summed E-state index contributed by atoms with van der Waals surface area (Å²) in [4.78, 5) is 0. The van der Waals surface area contributed by atoms with Crippen LogP contribution in [-0.4, -0.2) is 23.1 Å². The zero-order valence-corrected chi connectivity index (χ0v) is 8.21. The summed E-state index contributed by atoms with van der Waals surface area (Å²) >= 11 is 0. The Balaban J connectivity index is 2.33. The van der Waals surface area contributed by atoms with Crippen molar-refractivity contribution in [1.29, 1.82) is 0 Å². The normalized spacial score (nSPS) is 23.0. The van der Waals surface area contributed by atoms with Gasteiger partial charge in [0, 0.05) is 5.54 Å². The number of nitrogens with one attached hydrogen (secondary N) is 1. The fourth-order valence-electron chi connectivity index (χ4n) is 1.85. The van der Waals surface area contributed by atoms with Crippen LogP contribution in [0.25, 0.3) is 0 Å². The Morgan fingerprint density at radius 1 is 1.46 bits per heavy atom. The number of hydrogen-bond donors (Lipinski definition) is 3. The van der Waals surface area contributed by atoms with Crippen LogP contribution in [0, 0.1) is 0 Å². The standard InChI is InChI=1S/C9H19N3O/c1-9(5-3-2-4-6-9)11-7-8(10)12-13/h11,13H,2-7H2,1H3,(H2,10,12). The molecule has 0 saturated heterocycles. The SMILES string of the molecule is CC1(NCC(N)=NO)CCCCC1. The largest absolute Gasteiger partial charge is 0.409 e. The Morgan fingerprint density at radius 2 is 2.08 bits per heavy atom. The summed E-state index contributed by atoms with van der Waals surface area (Å²) in [6, 6.07) is 0. The van der Waals surface area contributed by atoms with Crippen LogP contribution in [0.1, 0.15) is 39.0 Å². The van der Waals surface area contributed by atoms with E-state index in [1.807, 2.05) is 0 Å². The van der Waals surface area contributed by atoms with Crippen LogP contribution in [-0.2, 0) is 0 Å². The average Bonchev–Trinajstić information content (AvgIpc) is 2.15. The fraction of sp³-hybridized carbons (Fsp3) is 0.889. The summed E-state index contributed by atoms with van der Waals surface area (Å²) in [6.07, 6.45) is 6.26. The first kappa shape index (κ1) is 10.3. The van der Waals surface area contributed by atoms with Gasteiger partial charge in [0.2, 0.25) is 0 Å². The molecular formula is C9H19N3O. The first-order valence-corrected chi connectivity index (χ1v) is 4.88. The smallest absolute Gasteiger partial charge is 0.153 e. The molecule has 1 saturated carbocycles. The third-order valence-corrected chi connectivity index (χ3v) is 2.78. The van der Waals surface area contributed by atoms with Crippen LogP contribution in [0.5, 0.6) is 0 Å². The Bertz CT molecular complexity index is 185. The van der Waals surface area contributed by atoms with Gasteiger partial charge in [0.15, 0.2) is 5.84 Å². The van der Waals surface area contributed by atoms with Gasteiger partial charge < -0.3 is 16.3 Å². The molecule has 4 N–H and O–H groups in total. The minimum Gasteiger partial charge on any atom is -0.409 e.